The molecule has 6 heteroatoms. The van der Waals surface area contributed by atoms with E-state index in [4.69, 9.17) is 5.11 Å². The lowest BCUT2D eigenvalue weighted by Crippen LogP contribution is -2.28. The monoisotopic (exact) mass is 296 g/mol. The van der Waals surface area contributed by atoms with E-state index in [9.17, 15) is 9.59 Å². The van der Waals surface area contributed by atoms with Gasteiger partial charge in [0.25, 0.3) is 5.56 Å². The van der Waals surface area contributed by atoms with Gasteiger partial charge in [0, 0.05) is 0 Å². The third kappa shape index (κ3) is 1.95. The highest BCUT2D eigenvalue weighted by atomic mass is 79.9. The summed E-state index contributed by atoms with van der Waals surface area (Å²) in [5.74, 6) is -1.49. The molecule has 1 aromatic heterocycles. The Hall–Kier alpha value is -1.69. The Kier molecular flexibility index (Phi) is 2.97. The van der Waals surface area contributed by atoms with E-state index in [0.29, 0.717) is 10.9 Å². The number of carboxylic acid groups (broad SMARTS) is 1. The second kappa shape index (κ2) is 4.29. The lowest BCUT2D eigenvalue weighted by Gasteiger charge is -2.12. The van der Waals surface area contributed by atoms with E-state index < -0.39 is 10.9 Å². The minimum atomic E-state index is -1.22. The van der Waals surface area contributed by atoms with Crippen LogP contribution in [-0.4, -0.2) is 20.6 Å². The number of alkyl halides is 1. The summed E-state index contributed by atoms with van der Waals surface area (Å²) >= 11 is 3.20. The maximum atomic E-state index is 12.1. The smallest absolute Gasteiger partial charge is 0.372 e. The Balaban J connectivity index is 2.94. The highest BCUT2D eigenvalue weighted by Gasteiger charge is 2.18. The number of carboxylic acids is 1. The van der Waals surface area contributed by atoms with Gasteiger partial charge in [-0.1, -0.05) is 28.1 Å². The highest BCUT2D eigenvalue weighted by molar-refractivity contribution is 9.09. The van der Waals surface area contributed by atoms with Gasteiger partial charge in [0.1, 0.15) is 0 Å². The minimum Gasteiger partial charge on any atom is -0.475 e. The third-order valence-electron chi connectivity index (χ3n) is 2.35. The van der Waals surface area contributed by atoms with Crippen molar-refractivity contribution >= 4 is 32.8 Å². The van der Waals surface area contributed by atoms with Crippen LogP contribution in [0.25, 0.3) is 10.9 Å². The number of hydrogen-bond acceptors (Lipinski definition) is 3. The lowest BCUT2D eigenvalue weighted by molar-refractivity contribution is 0.0676. The van der Waals surface area contributed by atoms with Crippen LogP contribution in [0.4, 0.5) is 0 Å². The molecule has 5 nitrogen and oxygen atoms in total. The van der Waals surface area contributed by atoms with Crippen molar-refractivity contribution in [2.75, 3.05) is 0 Å². The number of fused-ring (bicyclic) bond motifs is 1. The van der Waals surface area contributed by atoms with Crippen LogP contribution < -0.4 is 5.56 Å². The maximum Gasteiger partial charge on any atom is 0.372 e. The van der Waals surface area contributed by atoms with Crippen LogP contribution in [0.2, 0.25) is 0 Å². The van der Waals surface area contributed by atoms with Crippen molar-refractivity contribution in [3.63, 3.8) is 0 Å². The first-order valence-corrected chi connectivity index (χ1v) is 5.82. The zero-order valence-electron chi connectivity index (χ0n) is 8.92. The number of aromatic carboxylic acids is 1. The van der Waals surface area contributed by atoms with Crippen molar-refractivity contribution in [3.05, 3.63) is 40.4 Å². The fourth-order valence-electron chi connectivity index (χ4n) is 1.63. The number of nitrogens with zero attached hydrogens (tertiary/aromatic N) is 2. The van der Waals surface area contributed by atoms with Gasteiger partial charge >= 0.3 is 5.97 Å². The second-order valence-electron chi connectivity index (χ2n) is 3.51. The molecule has 0 aliphatic heterocycles. The van der Waals surface area contributed by atoms with E-state index in [1.165, 1.54) is 0 Å². The number of rotatable bonds is 2. The molecule has 0 bridgehead atoms. The van der Waals surface area contributed by atoms with Crippen LogP contribution in [0.1, 0.15) is 22.5 Å². The molecule has 1 atom stereocenters. The molecule has 1 unspecified atom stereocenters. The molecule has 0 aliphatic carbocycles. The van der Waals surface area contributed by atoms with E-state index >= 15 is 0 Å². The summed E-state index contributed by atoms with van der Waals surface area (Å²) in [5, 5.41) is 9.46. The van der Waals surface area contributed by atoms with E-state index in [1.54, 1.807) is 31.2 Å². The van der Waals surface area contributed by atoms with Gasteiger partial charge in [0.05, 0.1) is 15.9 Å². The van der Waals surface area contributed by atoms with Crippen molar-refractivity contribution in [2.24, 2.45) is 0 Å². The zero-order valence-corrected chi connectivity index (χ0v) is 10.5. The molecule has 17 heavy (non-hydrogen) atoms. The van der Waals surface area contributed by atoms with Crippen LogP contribution in [0, 0.1) is 0 Å². The summed E-state index contributed by atoms with van der Waals surface area (Å²) in [6.45, 7) is 1.67. The van der Waals surface area contributed by atoms with Gasteiger partial charge in [-0.15, -0.1) is 0 Å². The number of benzene rings is 1. The van der Waals surface area contributed by atoms with Crippen molar-refractivity contribution < 1.29 is 9.90 Å². The topological polar surface area (TPSA) is 72.2 Å². The van der Waals surface area contributed by atoms with Gasteiger partial charge < -0.3 is 5.11 Å². The molecule has 2 aromatic rings. The molecule has 0 aliphatic rings. The Bertz CT molecular complexity index is 649. The van der Waals surface area contributed by atoms with Crippen LogP contribution in [0.3, 0.4) is 0 Å². The first-order valence-electron chi connectivity index (χ1n) is 4.91. The van der Waals surface area contributed by atoms with Crippen molar-refractivity contribution in [1.82, 2.24) is 9.55 Å². The molecule has 1 heterocycles. The average molecular weight is 297 g/mol. The predicted octanol–water partition coefficient (Wildman–Crippen LogP) is 2.01. The molecule has 0 radical (unpaired) electrons. The quantitative estimate of drug-likeness (QED) is 0.861. The van der Waals surface area contributed by atoms with Crippen LogP contribution in [0.15, 0.2) is 29.1 Å². The largest absolute Gasteiger partial charge is 0.475 e. The van der Waals surface area contributed by atoms with Crippen molar-refractivity contribution in [3.8, 4) is 0 Å². The Morgan fingerprint density at radius 2 is 2.12 bits per heavy atom. The maximum absolute atomic E-state index is 12.1. The first kappa shape index (κ1) is 11.8. The van der Waals surface area contributed by atoms with Gasteiger partial charge in [-0.25, -0.2) is 9.78 Å². The molecular weight excluding hydrogens is 288 g/mol. The fourth-order valence-corrected chi connectivity index (χ4v) is 2.01. The number of halogens is 1. The zero-order chi connectivity index (χ0) is 12.6. The number of hydrogen-bond donors (Lipinski definition) is 1. The number of carbonyl (C=O) groups is 1. The number of para-hydroxylation sites is 1. The van der Waals surface area contributed by atoms with Crippen molar-refractivity contribution in [1.29, 1.82) is 0 Å². The molecule has 0 saturated heterocycles. The first-order chi connectivity index (χ1) is 8.02. The molecular formula is C11H9BrN2O3. The highest BCUT2D eigenvalue weighted by Crippen LogP contribution is 2.16. The molecule has 0 amide bonds. The molecule has 1 aromatic carbocycles. The molecule has 0 spiro atoms. The SMILES string of the molecule is CC(Br)n1c(C(=O)O)nc2ccccc2c1=O. The van der Waals surface area contributed by atoms with Gasteiger partial charge in [0.15, 0.2) is 0 Å². The summed E-state index contributed by atoms with van der Waals surface area (Å²) in [7, 11) is 0. The van der Waals surface area contributed by atoms with E-state index in [0.717, 1.165) is 4.57 Å². The van der Waals surface area contributed by atoms with Gasteiger partial charge in [-0.05, 0) is 19.1 Å². The summed E-state index contributed by atoms with van der Waals surface area (Å²) in [6.07, 6.45) is 0. The van der Waals surface area contributed by atoms with Gasteiger partial charge in [0.2, 0.25) is 5.82 Å². The fraction of sp³-hybridized carbons (Fsp3) is 0.182. The van der Waals surface area contributed by atoms with Crippen LogP contribution in [0.5, 0.6) is 0 Å². The Morgan fingerprint density at radius 1 is 1.47 bits per heavy atom. The summed E-state index contributed by atoms with van der Waals surface area (Å²) < 4.78 is 1.12. The van der Waals surface area contributed by atoms with Crippen LogP contribution >= 0.6 is 15.9 Å². The molecule has 2 rings (SSSR count). The summed E-state index contributed by atoms with van der Waals surface area (Å²) in [5.41, 5.74) is 0.0247. The minimum absolute atomic E-state index is 0.266. The number of aromatic nitrogens is 2. The summed E-state index contributed by atoms with van der Waals surface area (Å²) in [4.78, 5) is 26.8. The van der Waals surface area contributed by atoms with Crippen LogP contribution in [-0.2, 0) is 0 Å². The van der Waals surface area contributed by atoms with Gasteiger partial charge in [-0.2, -0.15) is 0 Å². The van der Waals surface area contributed by atoms with Crippen molar-refractivity contribution in [2.45, 2.75) is 11.9 Å². The third-order valence-corrected chi connectivity index (χ3v) is 2.76. The standard InChI is InChI=1S/C11H9BrN2O3/c1-6(12)14-9(11(16)17)13-8-5-3-2-4-7(8)10(14)15/h2-6H,1H3,(H,16,17). The van der Waals surface area contributed by atoms with Gasteiger partial charge in [-0.3, -0.25) is 9.36 Å². The molecule has 88 valence electrons. The summed E-state index contributed by atoms with van der Waals surface area (Å²) in [6, 6.07) is 6.67. The Morgan fingerprint density at radius 3 is 2.71 bits per heavy atom. The molecule has 0 saturated carbocycles. The van der Waals surface area contributed by atoms with E-state index in [2.05, 4.69) is 20.9 Å². The predicted molar refractivity (Wildman–Crippen MR) is 66.6 cm³/mol. The average Bonchev–Trinajstić information content (AvgIpc) is 2.28. The molecule has 1 N–H and O–H groups in total. The molecule has 0 fully saturated rings. The van der Waals surface area contributed by atoms with E-state index in [-0.39, 0.29) is 11.4 Å². The Labute approximate surface area is 105 Å². The second-order valence-corrected chi connectivity index (χ2v) is 4.83. The van der Waals surface area contributed by atoms with E-state index in [1.807, 2.05) is 0 Å². The lowest BCUT2D eigenvalue weighted by atomic mass is 10.2. The normalized spacial score (nSPS) is 12.6.